The summed E-state index contributed by atoms with van der Waals surface area (Å²) in [6.07, 6.45) is 0.749. The Morgan fingerprint density at radius 1 is 1.00 bits per heavy atom. The lowest BCUT2D eigenvalue weighted by molar-refractivity contribution is 0.390. The van der Waals surface area contributed by atoms with Gasteiger partial charge >= 0.3 is 5.69 Å². The highest BCUT2D eigenvalue weighted by Crippen LogP contribution is 2.36. The van der Waals surface area contributed by atoms with Crippen LogP contribution < -0.4 is 20.7 Å². The molecule has 0 aliphatic carbocycles. The minimum absolute atomic E-state index is 0.367. The summed E-state index contributed by atoms with van der Waals surface area (Å²) < 4.78 is 18.7. The average Bonchev–Trinajstić information content (AvgIpc) is 3.36. The van der Waals surface area contributed by atoms with Gasteiger partial charge in [0.2, 0.25) is 5.82 Å². The van der Waals surface area contributed by atoms with E-state index in [2.05, 4.69) is 20.2 Å². The van der Waals surface area contributed by atoms with Crippen molar-refractivity contribution < 1.29 is 13.9 Å². The summed E-state index contributed by atoms with van der Waals surface area (Å²) in [4.78, 5) is 28.0. The Hall–Kier alpha value is -4.08. The number of H-pyrrole nitrogens is 2. The van der Waals surface area contributed by atoms with Gasteiger partial charge < -0.3 is 18.9 Å². The topological polar surface area (TPSA) is 128 Å². The number of benzene rings is 1. The van der Waals surface area contributed by atoms with E-state index in [1.54, 1.807) is 18.8 Å². The van der Waals surface area contributed by atoms with E-state index in [0.717, 1.165) is 5.76 Å². The zero-order valence-electron chi connectivity index (χ0n) is 17.3. The Balaban J connectivity index is 1.85. The molecule has 0 spiro atoms. The van der Waals surface area contributed by atoms with E-state index in [-0.39, 0.29) is 0 Å². The van der Waals surface area contributed by atoms with E-state index in [9.17, 15) is 9.59 Å². The number of rotatable bonds is 7. The lowest BCUT2D eigenvalue weighted by atomic mass is 10.2. The first kappa shape index (κ1) is 20.2. The number of furan rings is 1. The van der Waals surface area contributed by atoms with Crippen LogP contribution in [0.1, 0.15) is 17.3 Å². The normalized spacial score (nSPS) is 10.9. The molecule has 0 bridgehead atoms. The molecule has 0 unspecified atom stereocenters. The predicted molar refractivity (Wildman–Crippen MR) is 112 cm³/mol. The second-order valence-corrected chi connectivity index (χ2v) is 6.81. The monoisotopic (exact) mass is 423 g/mol. The van der Waals surface area contributed by atoms with Gasteiger partial charge in [-0.3, -0.25) is 14.3 Å². The molecule has 0 fully saturated rings. The molecule has 4 rings (SSSR count). The number of ether oxygens (including phenoxy) is 2. The van der Waals surface area contributed by atoms with Gasteiger partial charge in [-0.05, 0) is 37.6 Å². The Kier molecular flexibility index (Phi) is 5.44. The lowest BCUT2D eigenvalue weighted by Gasteiger charge is -2.16. The average molecular weight is 423 g/mol. The summed E-state index contributed by atoms with van der Waals surface area (Å²) in [6, 6.07) is 10.5. The minimum Gasteiger partial charge on any atom is -0.494 e. The number of para-hydroxylation sites is 1. The van der Waals surface area contributed by atoms with E-state index in [1.165, 1.54) is 6.07 Å². The highest BCUT2D eigenvalue weighted by atomic mass is 16.5. The van der Waals surface area contributed by atoms with Crippen LogP contribution in [0.25, 0.3) is 17.3 Å². The SMILES string of the molecule is COc1cccc(OC)c1-n1c(CCc2cc(=O)[nH]c(=O)[nH]2)nnc1-c1ccc(C)o1. The van der Waals surface area contributed by atoms with Gasteiger partial charge in [-0.1, -0.05) is 6.07 Å². The molecule has 3 aromatic heterocycles. The smallest absolute Gasteiger partial charge is 0.325 e. The Morgan fingerprint density at radius 2 is 1.74 bits per heavy atom. The second-order valence-electron chi connectivity index (χ2n) is 6.81. The Bertz CT molecular complexity index is 1280. The lowest BCUT2D eigenvalue weighted by Crippen LogP contribution is -2.23. The molecule has 160 valence electrons. The van der Waals surface area contributed by atoms with Gasteiger partial charge in [0.25, 0.3) is 5.56 Å². The fourth-order valence-corrected chi connectivity index (χ4v) is 3.38. The van der Waals surface area contributed by atoms with Crippen molar-refractivity contribution in [2.45, 2.75) is 19.8 Å². The van der Waals surface area contributed by atoms with Crippen molar-refractivity contribution in [2.75, 3.05) is 14.2 Å². The van der Waals surface area contributed by atoms with Gasteiger partial charge in [-0.2, -0.15) is 0 Å². The fourth-order valence-electron chi connectivity index (χ4n) is 3.38. The van der Waals surface area contributed by atoms with Crippen LogP contribution in [0.15, 0.2) is 50.4 Å². The molecule has 0 radical (unpaired) electrons. The van der Waals surface area contributed by atoms with Crippen molar-refractivity contribution in [3.05, 3.63) is 74.5 Å². The quantitative estimate of drug-likeness (QED) is 0.465. The minimum atomic E-state index is -0.554. The highest BCUT2D eigenvalue weighted by molar-refractivity contribution is 5.63. The van der Waals surface area contributed by atoms with Gasteiger partial charge in [0.05, 0.1) is 14.2 Å². The van der Waals surface area contributed by atoms with Crippen LogP contribution in [0, 0.1) is 6.92 Å². The molecule has 2 N–H and O–H groups in total. The Labute approximate surface area is 176 Å². The standard InChI is InChI=1S/C21H21N5O5/c1-12-7-9-16(31-12)20-25-24-17(10-8-13-11-18(27)23-21(28)22-13)26(20)19-14(29-2)5-4-6-15(19)30-3/h4-7,9,11H,8,10H2,1-3H3,(H2,22,23,27,28). The third kappa shape index (κ3) is 4.00. The van der Waals surface area contributed by atoms with Crippen molar-refractivity contribution in [1.82, 2.24) is 24.7 Å². The van der Waals surface area contributed by atoms with Crippen molar-refractivity contribution in [3.63, 3.8) is 0 Å². The maximum Gasteiger partial charge on any atom is 0.325 e. The van der Waals surface area contributed by atoms with Crippen LogP contribution in [0.2, 0.25) is 0 Å². The molecule has 3 heterocycles. The molecule has 0 atom stereocenters. The number of hydrogen-bond acceptors (Lipinski definition) is 7. The van der Waals surface area contributed by atoms with Crippen LogP contribution in [-0.4, -0.2) is 39.0 Å². The van der Waals surface area contributed by atoms with Gasteiger partial charge in [-0.25, -0.2) is 4.79 Å². The molecule has 0 saturated carbocycles. The van der Waals surface area contributed by atoms with Crippen LogP contribution in [0.4, 0.5) is 0 Å². The molecule has 1 aromatic carbocycles. The molecule has 0 saturated heterocycles. The van der Waals surface area contributed by atoms with E-state index < -0.39 is 11.2 Å². The number of aromatic nitrogens is 5. The maximum absolute atomic E-state index is 11.6. The molecule has 4 aromatic rings. The molecule has 10 heteroatoms. The summed E-state index contributed by atoms with van der Waals surface area (Å²) in [5.74, 6) is 3.45. The van der Waals surface area contributed by atoms with Gasteiger partial charge in [-0.15, -0.1) is 10.2 Å². The summed E-state index contributed by atoms with van der Waals surface area (Å²) in [5.41, 5.74) is 0.0992. The van der Waals surface area contributed by atoms with Crippen molar-refractivity contribution in [2.24, 2.45) is 0 Å². The van der Waals surface area contributed by atoms with E-state index in [4.69, 9.17) is 13.9 Å². The molecule has 0 aliphatic heterocycles. The number of aryl methyl sites for hydroxylation is 3. The van der Waals surface area contributed by atoms with E-state index >= 15 is 0 Å². The molecule has 31 heavy (non-hydrogen) atoms. The first-order valence-electron chi connectivity index (χ1n) is 9.55. The number of hydrogen-bond donors (Lipinski definition) is 2. The first-order chi connectivity index (χ1) is 15.0. The second kappa shape index (κ2) is 8.34. The Morgan fingerprint density at radius 3 is 2.35 bits per heavy atom. The van der Waals surface area contributed by atoms with Gasteiger partial charge in [0.1, 0.15) is 28.8 Å². The highest BCUT2D eigenvalue weighted by Gasteiger charge is 2.23. The zero-order valence-corrected chi connectivity index (χ0v) is 17.3. The van der Waals surface area contributed by atoms with Crippen LogP contribution >= 0.6 is 0 Å². The number of methoxy groups -OCH3 is 2. The van der Waals surface area contributed by atoms with Crippen LogP contribution in [0.5, 0.6) is 11.5 Å². The molecular formula is C21H21N5O5. The fraction of sp³-hybridized carbons (Fsp3) is 0.238. The molecular weight excluding hydrogens is 402 g/mol. The summed E-state index contributed by atoms with van der Waals surface area (Å²) in [5, 5.41) is 8.70. The van der Waals surface area contributed by atoms with Crippen molar-refractivity contribution in [1.29, 1.82) is 0 Å². The molecule has 10 nitrogen and oxygen atoms in total. The first-order valence-corrected chi connectivity index (χ1v) is 9.55. The number of nitrogens with zero attached hydrogens (tertiary/aromatic N) is 3. The number of aromatic amines is 2. The van der Waals surface area contributed by atoms with Crippen molar-refractivity contribution in [3.8, 4) is 28.8 Å². The third-order valence-corrected chi connectivity index (χ3v) is 4.75. The predicted octanol–water partition coefficient (Wildman–Crippen LogP) is 2.01. The van der Waals surface area contributed by atoms with Gasteiger partial charge in [0.15, 0.2) is 5.76 Å². The maximum atomic E-state index is 11.6. The summed E-state index contributed by atoms with van der Waals surface area (Å²) in [6.45, 7) is 1.85. The summed E-state index contributed by atoms with van der Waals surface area (Å²) in [7, 11) is 3.14. The van der Waals surface area contributed by atoms with E-state index in [0.29, 0.717) is 53.1 Å². The largest absolute Gasteiger partial charge is 0.494 e. The molecule has 0 amide bonds. The van der Waals surface area contributed by atoms with Crippen molar-refractivity contribution >= 4 is 0 Å². The number of nitrogens with one attached hydrogen (secondary N) is 2. The van der Waals surface area contributed by atoms with Gasteiger partial charge in [0, 0.05) is 18.2 Å². The van der Waals surface area contributed by atoms with Crippen LogP contribution in [0.3, 0.4) is 0 Å². The third-order valence-electron chi connectivity index (χ3n) is 4.75. The molecule has 0 aliphatic rings. The summed E-state index contributed by atoms with van der Waals surface area (Å²) >= 11 is 0. The van der Waals surface area contributed by atoms with Crippen LogP contribution in [-0.2, 0) is 12.8 Å². The van der Waals surface area contributed by atoms with E-state index in [1.807, 2.05) is 37.3 Å². The zero-order chi connectivity index (χ0) is 22.0.